The van der Waals surface area contributed by atoms with Crippen molar-refractivity contribution in [3.05, 3.63) is 56.0 Å². The van der Waals surface area contributed by atoms with Crippen LogP contribution in [0.5, 0.6) is 11.5 Å². The van der Waals surface area contributed by atoms with Gasteiger partial charge in [0.25, 0.3) is 0 Å². The Bertz CT molecular complexity index is 771. The first-order chi connectivity index (χ1) is 14.0. The molecule has 160 valence electrons. The van der Waals surface area contributed by atoms with E-state index in [1.807, 2.05) is 18.2 Å². The Balaban J connectivity index is 1.87. The van der Waals surface area contributed by atoms with Crippen molar-refractivity contribution in [1.29, 1.82) is 0 Å². The van der Waals surface area contributed by atoms with Crippen molar-refractivity contribution in [2.45, 2.75) is 58.6 Å². The van der Waals surface area contributed by atoms with Gasteiger partial charge in [0.05, 0.1) is 21.6 Å². The third kappa shape index (κ3) is 8.37. The molecule has 0 heterocycles. The number of benzene rings is 2. The van der Waals surface area contributed by atoms with Crippen LogP contribution < -0.4 is 14.8 Å². The molecule has 2 aromatic carbocycles. The number of halogens is 3. The van der Waals surface area contributed by atoms with Gasteiger partial charge in [0.1, 0.15) is 6.61 Å². The summed E-state index contributed by atoms with van der Waals surface area (Å²) >= 11 is 15.7. The number of methoxy groups -OCH3 is 1. The van der Waals surface area contributed by atoms with E-state index >= 15 is 0 Å². The van der Waals surface area contributed by atoms with Crippen molar-refractivity contribution >= 4 is 39.1 Å². The number of hydrogen-bond acceptors (Lipinski definition) is 3. The molecular formula is C23H30BrCl2NO2. The van der Waals surface area contributed by atoms with Crippen molar-refractivity contribution < 1.29 is 9.47 Å². The van der Waals surface area contributed by atoms with Gasteiger partial charge < -0.3 is 14.8 Å². The van der Waals surface area contributed by atoms with Gasteiger partial charge in [0, 0.05) is 6.54 Å². The Morgan fingerprint density at radius 2 is 1.69 bits per heavy atom. The average molecular weight is 503 g/mol. The van der Waals surface area contributed by atoms with E-state index in [0.717, 1.165) is 28.7 Å². The van der Waals surface area contributed by atoms with Crippen LogP contribution in [0, 0.1) is 0 Å². The highest BCUT2D eigenvalue weighted by Crippen LogP contribution is 2.37. The van der Waals surface area contributed by atoms with Gasteiger partial charge in [-0.2, -0.15) is 0 Å². The smallest absolute Gasteiger partial charge is 0.175 e. The summed E-state index contributed by atoms with van der Waals surface area (Å²) in [5.74, 6) is 1.38. The second-order valence-corrected chi connectivity index (χ2v) is 8.76. The van der Waals surface area contributed by atoms with Gasteiger partial charge in [0.15, 0.2) is 11.5 Å². The van der Waals surface area contributed by atoms with E-state index in [9.17, 15) is 0 Å². The fourth-order valence-electron chi connectivity index (χ4n) is 3.06. The molecule has 29 heavy (non-hydrogen) atoms. The Morgan fingerprint density at radius 1 is 0.931 bits per heavy atom. The Kier molecular flexibility index (Phi) is 11.2. The number of nitrogens with one attached hydrogen (secondary N) is 1. The quantitative estimate of drug-likeness (QED) is 0.283. The number of rotatable bonds is 13. The molecule has 0 atom stereocenters. The molecule has 0 radical (unpaired) electrons. The van der Waals surface area contributed by atoms with Crippen LogP contribution >= 0.6 is 39.1 Å². The summed E-state index contributed by atoms with van der Waals surface area (Å²) in [6, 6.07) is 9.57. The van der Waals surface area contributed by atoms with E-state index in [-0.39, 0.29) is 0 Å². The van der Waals surface area contributed by atoms with Crippen molar-refractivity contribution in [3.8, 4) is 11.5 Å². The van der Waals surface area contributed by atoms with Gasteiger partial charge in [-0.25, -0.2) is 0 Å². The summed E-state index contributed by atoms with van der Waals surface area (Å²) in [5.41, 5.74) is 2.10. The lowest BCUT2D eigenvalue weighted by Crippen LogP contribution is -2.14. The summed E-state index contributed by atoms with van der Waals surface area (Å²) in [7, 11) is 1.65. The summed E-state index contributed by atoms with van der Waals surface area (Å²) in [6.45, 7) is 4.46. The minimum Gasteiger partial charge on any atom is -0.493 e. The van der Waals surface area contributed by atoms with Crippen LogP contribution in [0.3, 0.4) is 0 Å². The lowest BCUT2D eigenvalue weighted by molar-refractivity contribution is 0.282. The zero-order valence-electron chi connectivity index (χ0n) is 17.2. The van der Waals surface area contributed by atoms with E-state index in [0.29, 0.717) is 28.2 Å². The molecule has 0 unspecified atom stereocenters. The highest BCUT2D eigenvalue weighted by Gasteiger charge is 2.12. The van der Waals surface area contributed by atoms with Crippen LogP contribution in [0.1, 0.15) is 56.6 Å². The van der Waals surface area contributed by atoms with Crippen LogP contribution in [0.25, 0.3) is 0 Å². The summed E-state index contributed by atoms with van der Waals surface area (Å²) in [6.07, 6.45) is 7.83. The summed E-state index contributed by atoms with van der Waals surface area (Å²) in [4.78, 5) is 0. The molecule has 2 rings (SSSR count). The monoisotopic (exact) mass is 501 g/mol. The van der Waals surface area contributed by atoms with Gasteiger partial charge in [-0.1, -0.05) is 68.3 Å². The molecule has 6 heteroatoms. The van der Waals surface area contributed by atoms with Crippen LogP contribution in [-0.2, 0) is 13.2 Å². The zero-order chi connectivity index (χ0) is 21.1. The van der Waals surface area contributed by atoms with Crippen molar-refractivity contribution in [2.24, 2.45) is 0 Å². The fraction of sp³-hybridized carbons (Fsp3) is 0.478. The molecule has 0 aromatic heterocycles. The molecule has 0 amide bonds. The maximum Gasteiger partial charge on any atom is 0.175 e. The Hall–Kier alpha value is -0.940. The standard InChI is InChI=1S/C23H30BrCl2NO2/c1-3-4-5-6-7-8-11-27-15-18-12-19(24)23(22(14-18)28-2)29-16-17-9-10-20(25)21(26)13-17/h9-10,12-14,27H,3-8,11,15-16H2,1-2H3. The van der Waals surface area contributed by atoms with Crippen molar-refractivity contribution in [1.82, 2.24) is 5.32 Å². The van der Waals surface area contributed by atoms with Crippen LogP contribution in [0.2, 0.25) is 10.0 Å². The second-order valence-electron chi connectivity index (χ2n) is 7.09. The molecule has 0 aliphatic carbocycles. The first-order valence-electron chi connectivity index (χ1n) is 10.2. The largest absolute Gasteiger partial charge is 0.493 e. The van der Waals surface area contributed by atoms with Crippen LogP contribution in [0.4, 0.5) is 0 Å². The second kappa shape index (κ2) is 13.4. The Labute approximate surface area is 193 Å². The number of hydrogen-bond donors (Lipinski definition) is 1. The summed E-state index contributed by atoms with van der Waals surface area (Å²) in [5, 5.41) is 4.57. The maximum absolute atomic E-state index is 6.08. The minimum atomic E-state index is 0.376. The van der Waals surface area contributed by atoms with Crippen LogP contribution in [0.15, 0.2) is 34.8 Å². The minimum absolute atomic E-state index is 0.376. The first kappa shape index (κ1) is 24.3. The molecule has 0 aliphatic heterocycles. The lowest BCUT2D eigenvalue weighted by Gasteiger charge is -2.15. The van der Waals surface area contributed by atoms with Crippen molar-refractivity contribution in [2.75, 3.05) is 13.7 Å². The third-order valence-electron chi connectivity index (χ3n) is 4.69. The number of unbranched alkanes of at least 4 members (excludes halogenated alkanes) is 5. The predicted octanol–water partition coefficient (Wildman–Crippen LogP) is 7.79. The fourth-order valence-corrected chi connectivity index (χ4v) is 3.99. The van der Waals surface area contributed by atoms with E-state index in [2.05, 4.69) is 34.2 Å². The van der Waals surface area contributed by atoms with Crippen LogP contribution in [-0.4, -0.2) is 13.7 Å². The third-order valence-corrected chi connectivity index (χ3v) is 6.02. The van der Waals surface area contributed by atoms with Gasteiger partial charge in [-0.15, -0.1) is 0 Å². The van der Waals surface area contributed by atoms with E-state index in [4.69, 9.17) is 32.7 Å². The molecule has 0 saturated carbocycles. The average Bonchev–Trinajstić information content (AvgIpc) is 2.71. The molecule has 0 saturated heterocycles. The predicted molar refractivity (Wildman–Crippen MR) is 127 cm³/mol. The molecule has 0 aliphatic rings. The molecule has 0 fully saturated rings. The normalized spacial score (nSPS) is 10.9. The maximum atomic E-state index is 6.08. The topological polar surface area (TPSA) is 30.5 Å². The zero-order valence-corrected chi connectivity index (χ0v) is 20.3. The first-order valence-corrected chi connectivity index (χ1v) is 11.7. The highest BCUT2D eigenvalue weighted by molar-refractivity contribution is 9.10. The molecule has 3 nitrogen and oxygen atoms in total. The molecule has 1 N–H and O–H groups in total. The summed E-state index contributed by atoms with van der Waals surface area (Å²) < 4.78 is 12.4. The van der Waals surface area contributed by atoms with Gasteiger partial charge in [-0.3, -0.25) is 0 Å². The SMILES string of the molecule is CCCCCCCCNCc1cc(Br)c(OCc2ccc(Cl)c(Cl)c2)c(OC)c1. The van der Waals surface area contributed by atoms with Crippen molar-refractivity contribution in [3.63, 3.8) is 0 Å². The molecule has 0 bridgehead atoms. The van der Waals surface area contributed by atoms with E-state index in [1.54, 1.807) is 13.2 Å². The van der Waals surface area contributed by atoms with E-state index < -0.39 is 0 Å². The van der Waals surface area contributed by atoms with Gasteiger partial charge in [-0.05, 0) is 64.3 Å². The molecular weight excluding hydrogens is 473 g/mol. The Morgan fingerprint density at radius 3 is 2.41 bits per heavy atom. The highest BCUT2D eigenvalue weighted by atomic mass is 79.9. The van der Waals surface area contributed by atoms with Gasteiger partial charge >= 0.3 is 0 Å². The lowest BCUT2D eigenvalue weighted by atomic mass is 10.1. The number of ether oxygens (including phenoxy) is 2. The van der Waals surface area contributed by atoms with E-state index in [1.165, 1.54) is 38.5 Å². The van der Waals surface area contributed by atoms with Gasteiger partial charge in [0.2, 0.25) is 0 Å². The molecule has 0 spiro atoms. The molecule has 2 aromatic rings.